The van der Waals surface area contributed by atoms with E-state index in [0.717, 1.165) is 25.2 Å². The lowest BCUT2D eigenvalue weighted by atomic mass is 9.74. The van der Waals surface area contributed by atoms with Gasteiger partial charge in [0.15, 0.2) is 0 Å². The van der Waals surface area contributed by atoms with Crippen molar-refractivity contribution in [3.63, 3.8) is 0 Å². The molecule has 134 valence electrons. The predicted octanol–water partition coefficient (Wildman–Crippen LogP) is 3.70. The van der Waals surface area contributed by atoms with E-state index in [1.807, 2.05) is 24.3 Å². The van der Waals surface area contributed by atoms with Crippen molar-refractivity contribution in [1.82, 2.24) is 19.9 Å². The van der Waals surface area contributed by atoms with Crippen LogP contribution in [0.4, 0.5) is 0 Å². The number of aromatic nitrogens is 2. The van der Waals surface area contributed by atoms with Gasteiger partial charge in [-0.05, 0) is 63.4 Å². The fraction of sp³-hybridized carbons (Fsp3) is 0.579. The van der Waals surface area contributed by atoms with E-state index in [1.165, 1.54) is 38.8 Å². The van der Waals surface area contributed by atoms with Gasteiger partial charge in [-0.25, -0.2) is 0 Å². The van der Waals surface area contributed by atoms with Gasteiger partial charge in [-0.2, -0.15) is 4.98 Å². The predicted molar refractivity (Wildman–Crippen MR) is 98.4 cm³/mol. The second-order valence-corrected chi connectivity index (χ2v) is 8.11. The van der Waals surface area contributed by atoms with E-state index < -0.39 is 0 Å². The number of piperidine rings is 2. The molecule has 2 aliphatic rings. The molecule has 4 rings (SSSR count). The van der Waals surface area contributed by atoms with Crippen molar-refractivity contribution in [2.75, 3.05) is 33.2 Å². The van der Waals surface area contributed by atoms with Gasteiger partial charge < -0.3 is 9.42 Å². The highest BCUT2D eigenvalue weighted by Gasteiger charge is 2.38. The van der Waals surface area contributed by atoms with Crippen molar-refractivity contribution in [3.8, 4) is 11.4 Å². The average molecular weight is 361 g/mol. The molecule has 2 fully saturated rings. The van der Waals surface area contributed by atoms with Crippen LogP contribution in [0.3, 0.4) is 0 Å². The Hall–Kier alpha value is -1.43. The summed E-state index contributed by atoms with van der Waals surface area (Å²) in [6, 6.07) is 7.57. The SMILES string of the molecule is CN1CCCC2(CCCN(Cc3nc(-c4cccc(Cl)c4)no3)C2)C1. The lowest BCUT2D eigenvalue weighted by Gasteiger charge is -2.47. The van der Waals surface area contributed by atoms with E-state index >= 15 is 0 Å². The van der Waals surface area contributed by atoms with Gasteiger partial charge in [0.1, 0.15) is 0 Å². The summed E-state index contributed by atoms with van der Waals surface area (Å²) >= 11 is 6.05. The van der Waals surface area contributed by atoms with Crippen molar-refractivity contribution < 1.29 is 4.52 Å². The molecule has 0 N–H and O–H groups in total. The maximum absolute atomic E-state index is 6.05. The number of likely N-dealkylation sites (tertiary alicyclic amines) is 2. The highest BCUT2D eigenvalue weighted by atomic mass is 35.5. The molecule has 25 heavy (non-hydrogen) atoms. The molecule has 0 saturated carbocycles. The molecule has 6 heteroatoms. The Morgan fingerprint density at radius 2 is 2.04 bits per heavy atom. The normalized spacial score (nSPS) is 25.5. The molecule has 2 aliphatic heterocycles. The quantitative estimate of drug-likeness (QED) is 0.835. The minimum Gasteiger partial charge on any atom is -0.338 e. The van der Waals surface area contributed by atoms with Crippen LogP contribution in [0.2, 0.25) is 5.02 Å². The summed E-state index contributed by atoms with van der Waals surface area (Å²) in [5.41, 5.74) is 1.34. The van der Waals surface area contributed by atoms with Crippen LogP contribution in [0.25, 0.3) is 11.4 Å². The molecule has 0 radical (unpaired) electrons. The van der Waals surface area contributed by atoms with E-state index in [1.54, 1.807) is 0 Å². The fourth-order valence-electron chi connectivity index (χ4n) is 4.49. The minimum atomic E-state index is 0.445. The van der Waals surface area contributed by atoms with Crippen molar-refractivity contribution in [2.24, 2.45) is 5.41 Å². The molecular weight excluding hydrogens is 336 g/mol. The van der Waals surface area contributed by atoms with Crippen LogP contribution in [0.5, 0.6) is 0 Å². The zero-order valence-electron chi connectivity index (χ0n) is 14.7. The Morgan fingerprint density at radius 1 is 1.20 bits per heavy atom. The van der Waals surface area contributed by atoms with Gasteiger partial charge >= 0.3 is 0 Å². The third-order valence-electron chi connectivity index (χ3n) is 5.50. The summed E-state index contributed by atoms with van der Waals surface area (Å²) in [4.78, 5) is 9.54. The Labute approximate surface area is 153 Å². The van der Waals surface area contributed by atoms with E-state index in [0.29, 0.717) is 22.2 Å². The molecule has 3 heterocycles. The van der Waals surface area contributed by atoms with E-state index in [2.05, 4.69) is 27.0 Å². The van der Waals surface area contributed by atoms with Gasteiger partial charge in [-0.15, -0.1) is 0 Å². The lowest BCUT2D eigenvalue weighted by molar-refractivity contribution is 0.0160. The van der Waals surface area contributed by atoms with Crippen LogP contribution < -0.4 is 0 Å². The smallest absolute Gasteiger partial charge is 0.241 e. The first-order valence-corrected chi connectivity index (χ1v) is 9.49. The number of halogens is 1. The van der Waals surface area contributed by atoms with Gasteiger partial charge in [-0.3, -0.25) is 4.90 Å². The first-order valence-electron chi connectivity index (χ1n) is 9.11. The van der Waals surface area contributed by atoms with Crippen molar-refractivity contribution >= 4 is 11.6 Å². The monoisotopic (exact) mass is 360 g/mol. The number of hydrogen-bond donors (Lipinski definition) is 0. The Kier molecular flexibility index (Phi) is 4.80. The molecule has 1 aromatic heterocycles. The molecule has 2 saturated heterocycles. The van der Waals surface area contributed by atoms with Gasteiger partial charge in [0.25, 0.3) is 0 Å². The second-order valence-electron chi connectivity index (χ2n) is 7.68. The highest BCUT2D eigenvalue weighted by Crippen LogP contribution is 2.38. The molecule has 1 spiro atoms. The van der Waals surface area contributed by atoms with E-state index in [9.17, 15) is 0 Å². The van der Waals surface area contributed by atoms with E-state index in [-0.39, 0.29) is 0 Å². The average Bonchev–Trinajstić information content (AvgIpc) is 3.03. The molecule has 0 bridgehead atoms. The molecule has 1 aromatic carbocycles. The van der Waals surface area contributed by atoms with Crippen LogP contribution in [0.15, 0.2) is 28.8 Å². The van der Waals surface area contributed by atoms with E-state index in [4.69, 9.17) is 16.1 Å². The molecule has 1 atom stereocenters. The summed E-state index contributed by atoms with van der Waals surface area (Å²) < 4.78 is 5.50. The topological polar surface area (TPSA) is 45.4 Å². The molecule has 2 aromatic rings. The maximum atomic E-state index is 6.05. The second kappa shape index (κ2) is 7.06. The van der Waals surface area contributed by atoms with Crippen LogP contribution >= 0.6 is 11.6 Å². The third kappa shape index (κ3) is 3.89. The molecular formula is C19H25ClN4O. The van der Waals surface area contributed by atoms with Crippen LogP contribution in [-0.2, 0) is 6.54 Å². The Balaban J connectivity index is 1.44. The standard InChI is InChI=1S/C19H25ClN4O/c1-23-9-3-7-19(13-23)8-4-10-24(14-19)12-17-21-18(22-25-17)15-5-2-6-16(20)11-15/h2,5-6,11H,3-4,7-10,12-14H2,1H3. The highest BCUT2D eigenvalue weighted by molar-refractivity contribution is 6.30. The summed E-state index contributed by atoms with van der Waals surface area (Å²) in [5, 5.41) is 4.81. The zero-order chi connectivity index (χ0) is 17.3. The molecule has 0 aliphatic carbocycles. The summed E-state index contributed by atoms with van der Waals surface area (Å²) in [5.74, 6) is 1.30. The number of hydrogen-bond acceptors (Lipinski definition) is 5. The lowest BCUT2D eigenvalue weighted by Crippen LogP contribution is -2.51. The summed E-state index contributed by atoms with van der Waals surface area (Å²) in [7, 11) is 2.25. The van der Waals surface area contributed by atoms with Crippen molar-refractivity contribution in [1.29, 1.82) is 0 Å². The molecule has 1 unspecified atom stereocenters. The first kappa shape index (κ1) is 17.0. The number of rotatable bonds is 3. The maximum Gasteiger partial charge on any atom is 0.241 e. The Bertz CT molecular complexity index is 730. The van der Waals surface area contributed by atoms with Crippen LogP contribution in [0.1, 0.15) is 31.6 Å². The van der Waals surface area contributed by atoms with Gasteiger partial charge in [0.05, 0.1) is 6.54 Å². The largest absolute Gasteiger partial charge is 0.338 e. The third-order valence-corrected chi connectivity index (χ3v) is 5.74. The van der Waals surface area contributed by atoms with Crippen molar-refractivity contribution in [3.05, 3.63) is 35.2 Å². The van der Waals surface area contributed by atoms with Crippen molar-refractivity contribution in [2.45, 2.75) is 32.2 Å². The summed E-state index contributed by atoms with van der Waals surface area (Å²) in [6.07, 6.45) is 5.24. The number of benzene rings is 1. The van der Waals surface area contributed by atoms with Gasteiger partial charge in [0.2, 0.25) is 11.7 Å². The van der Waals surface area contributed by atoms with Gasteiger partial charge in [-0.1, -0.05) is 28.9 Å². The first-order chi connectivity index (χ1) is 12.1. The van der Waals surface area contributed by atoms with Gasteiger partial charge in [0, 0.05) is 23.7 Å². The minimum absolute atomic E-state index is 0.445. The molecule has 0 amide bonds. The van der Waals surface area contributed by atoms with Crippen LogP contribution in [0, 0.1) is 5.41 Å². The number of nitrogens with zero attached hydrogens (tertiary/aromatic N) is 4. The van der Waals surface area contributed by atoms with Crippen LogP contribution in [-0.4, -0.2) is 53.2 Å². The Morgan fingerprint density at radius 3 is 2.84 bits per heavy atom. The zero-order valence-corrected chi connectivity index (χ0v) is 15.5. The fourth-order valence-corrected chi connectivity index (χ4v) is 4.68. The molecule has 5 nitrogen and oxygen atoms in total. The summed E-state index contributed by atoms with van der Waals surface area (Å²) in [6.45, 7) is 5.42.